The minimum Gasteiger partial charge on any atom is -0.426 e. The van der Waals surface area contributed by atoms with Crippen LogP contribution in [0.1, 0.15) is 37.0 Å². The lowest BCUT2D eigenvalue weighted by Crippen LogP contribution is -2.34. The van der Waals surface area contributed by atoms with Crippen LogP contribution >= 0.6 is 0 Å². The number of esters is 1. The van der Waals surface area contributed by atoms with E-state index >= 15 is 0 Å². The zero-order valence-corrected chi connectivity index (χ0v) is 14.7. The van der Waals surface area contributed by atoms with Gasteiger partial charge in [0.25, 0.3) is 5.91 Å². The van der Waals surface area contributed by atoms with Gasteiger partial charge in [0.05, 0.1) is 12.0 Å². The molecule has 0 bridgehead atoms. The second-order valence-corrected chi connectivity index (χ2v) is 6.57. The van der Waals surface area contributed by atoms with Gasteiger partial charge in [-0.15, -0.1) is 0 Å². The molecule has 0 spiro atoms. The molecule has 0 aliphatic carbocycles. The van der Waals surface area contributed by atoms with Crippen LogP contribution in [0, 0.1) is 5.92 Å². The van der Waals surface area contributed by atoms with E-state index in [2.05, 4.69) is 5.32 Å². The van der Waals surface area contributed by atoms with Crippen molar-refractivity contribution in [1.29, 1.82) is 0 Å². The van der Waals surface area contributed by atoms with Gasteiger partial charge >= 0.3 is 11.6 Å². The average Bonchev–Trinajstić information content (AvgIpc) is 3.12. The summed E-state index contributed by atoms with van der Waals surface area (Å²) < 4.78 is 15.9. The second kappa shape index (κ2) is 7.70. The van der Waals surface area contributed by atoms with Crippen molar-refractivity contribution in [3.8, 4) is 5.75 Å². The first-order chi connectivity index (χ1) is 12.4. The van der Waals surface area contributed by atoms with E-state index in [1.165, 1.54) is 12.1 Å². The molecule has 7 heteroatoms. The Balaban J connectivity index is 1.77. The number of rotatable bonds is 5. The van der Waals surface area contributed by atoms with Gasteiger partial charge in [0.15, 0.2) is 0 Å². The summed E-state index contributed by atoms with van der Waals surface area (Å²) in [5, 5.41) is 3.27. The number of benzene rings is 1. The predicted octanol–water partition coefficient (Wildman–Crippen LogP) is 2.26. The van der Waals surface area contributed by atoms with Gasteiger partial charge in [0.2, 0.25) is 0 Å². The highest BCUT2D eigenvalue weighted by Gasteiger charge is 2.19. The van der Waals surface area contributed by atoms with Crippen molar-refractivity contribution in [3.05, 3.63) is 40.2 Å². The molecule has 1 fully saturated rings. The molecule has 1 aliphatic rings. The van der Waals surface area contributed by atoms with Crippen LogP contribution in [0.15, 0.2) is 33.5 Å². The van der Waals surface area contributed by atoms with Crippen LogP contribution in [0.3, 0.4) is 0 Å². The fourth-order valence-electron chi connectivity index (χ4n) is 2.65. The topological polar surface area (TPSA) is 94.8 Å². The standard InChI is InChI=1S/C19H21NO6/c1-11(2)18(22)25-13-6-5-12-8-15(19(23)26-16(12)9-13)17(21)20-10-14-4-3-7-24-14/h5-6,8-9,11,14H,3-4,7,10H2,1-2H3,(H,20,21). The third kappa shape index (κ3) is 4.11. The zero-order chi connectivity index (χ0) is 18.7. The molecule has 1 aliphatic heterocycles. The molecule has 1 amide bonds. The predicted molar refractivity (Wildman–Crippen MR) is 94.3 cm³/mol. The van der Waals surface area contributed by atoms with Gasteiger partial charge in [-0.1, -0.05) is 13.8 Å². The highest BCUT2D eigenvalue weighted by atomic mass is 16.5. The van der Waals surface area contributed by atoms with E-state index in [4.69, 9.17) is 13.9 Å². The van der Waals surface area contributed by atoms with Gasteiger partial charge in [-0.25, -0.2) is 4.79 Å². The molecule has 2 heterocycles. The Kier molecular flexibility index (Phi) is 5.37. The lowest BCUT2D eigenvalue weighted by molar-refractivity contribution is -0.137. The van der Waals surface area contributed by atoms with Crippen molar-refractivity contribution in [2.45, 2.75) is 32.8 Å². The SMILES string of the molecule is CC(C)C(=O)Oc1ccc2cc(C(=O)NCC3CCCO3)c(=O)oc2c1. The van der Waals surface area contributed by atoms with Crippen LogP contribution in [0.4, 0.5) is 0 Å². The Bertz CT molecular complexity index is 879. The van der Waals surface area contributed by atoms with E-state index in [1.807, 2.05) is 0 Å². The number of amides is 1. The summed E-state index contributed by atoms with van der Waals surface area (Å²) >= 11 is 0. The highest BCUT2D eigenvalue weighted by Crippen LogP contribution is 2.21. The number of nitrogens with one attached hydrogen (secondary N) is 1. The van der Waals surface area contributed by atoms with Crippen molar-refractivity contribution in [2.75, 3.05) is 13.2 Å². The quantitative estimate of drug-likeness (QED) is 0.500. The van der Waals surface area contributed by atoms with Gasteiger partial charge in [-0.05, 0) is 31.0 Å². The molecule has 1 saturated heterocycles. The molecule has 0 radical (unpaired) electrons. The summed E-state index contributed by atoms with van der Waals surface area (Å²) in [4.78, 5) is 36.1. The third-order valence-corrected chi connectivity index (χ3v) is 4.16. The molecular weight excluding hydrogens is 338 g/mol. The lowest BCUT2D eigenvalue weighted by Gasteiger charge is -2.10. The van der Waals surface area contributed by atoms with Gasteiger partial charge in [0, 0.05) is 24.6 Å². The fourth-order valence-corrected chi connectivity index (χ4v) is 2.65. The minimum absolute atomic E-state index is 0.00958. The van der Waals surface area contributed by atoms with E-state index in [1.54, 1.807) is 26.0 Å². The molecule has 1 atom stereocenters. The summed E-state index contributed by atoms with van der Waals surface area (Å²) in [6.45, 7) is 4.51. The van der Waals surface area contributed by atoms with Gasteiger partial charge in [-0.2, -0.15) is 0 Å². The Morgan fingerprint density at radius 1 is 1.31 bits per heavy atom. The first kappa shape index (κ1) is 18.1. The van der Waals surface area contributed by atoms with E-state index in [9.17, 15) is 14.4 Å². The van der Waals surface area contributed by atoms with E-state index in [0.29, 0.717) is 18.5 Å². The molecule has 138 valence electrons. The molecular formula is C19H21NO6. The van der Waals surface area contributed by atoms with Crippen molar-refractivity contribution >= 4 is 22.8 Å². The summed E-state index contributed by atoms with van der Waals surface area (Å²) in [6.07, 6.45) is 1.86. The lowest BCUT2D eigenvalue weighted by atomic mass is 10.1. The second-order valence-electron chi connectivity index (χ2n) is 6.57. The van der Waals surface area contributed by atoms with Crippen LogP contribution in [0.25, 0.3) is 11.0 Å². The van der Waals surface area contributed by atoms with Gasteiger partial charge in [0.1, 0.15) is 16.9 Å². The number of carbonyl (C=O) groups is 2. The summed E-state index contributed by atoms with van der Waals surface area (Å²) in [6, 6.07) is 6.17. The maximum absolute atomic E-state index is 12.3. The maximum Gasteiger partial charge on any atom is 0.349 e. The molecule has 1 unspecified atom stereocenters. The minimum atomic E-state index is -0.741. The summed E-state index contributed by atoms with van der Waals surface area (Å²) in [5.74, 6) is -0.856. The van der Waals surface area contributed by atoms with E-state index in [-0.39, 0.29) is 34.9 Å². The molecule has 1 aromatic carbocycles. The van der Waals surface area contributed by atoms with E-state index in [0.717, 1.165) is 12.8 Å². The molecule has 1 aromatic heterocycles. The normalized spacial score (nSPS) is 16.8. The van der Waals surface area contributed by atoms with Crippen molar-refractivity contribution < 1.29 is 23.5 Å². The molecule has 1 N–H and O–H groups in total. The van der Waals surface area contributed by atoms with Crippen molar-refractivity contribution in [2.24, 2.45) is 5.92 Å². The summed E-state index contributed by atoms with van der Waals surface area (Å²) in [5.41, 5.74) is -0.558. The van der Waals surface area contributed by atoms with Crippen LogP contribution in [0.5, 0.6) is 5.75 Å². The number of carbonyl (C=O) groups excluding carboxylic acids is 2. The van der Waals surface area contributed by atoms with Crippen LogP contribution < -0.4 is 15.7 Å². The molecule has 2 aromatic rings. The molecule has 26 heavy (non-hydrogen) atoms. The Hall–Kier alpha value is -2.67. The summed E-state index contributed by atoms with van der Waals surface area (Å²) in [7, 11) is 0. The van der Waals surface area contributed by atoms with E-state index < -0.39 is 11.5 Å². The smallest absolute Gasteiger partial charge is 0.349 e. The third-order valence-electron chi connectivity index (χ3n) is 4.16. The monoisotopic (exact) mass is 359 g/mol. The number of fused-ring (bicyclic) bond motifs is 1. The van der Waals surface area contributed by atoms with Crippen molar-refractivity contribution in [1.82, 2.24) is 5.32 Å². The van der Waals surface area contributed by atoms with Crippen LogP contribution in [-0.2, 0) is 9.53 Å². The molecule has 0 saturated carbocycles. The molecule has 7 nitrogen and oxygen atoms in total. The van der Waals surface area contributed by atoms with Gasteiger partial charge < -0.3 is 19.2 Å². The Morgan fingerprint density at radius 2 is 2.12 bits per heavy atom. The maximum atomic E-state index is 12.3. The number of hydrogen-bond acceptors (Lipinski definition) is 6. The number of ether oxygens (including phenoxy) is 2. The largest absolute Gasteiger partial charge is 0.426 e. The van der Waals surface area contributed by atoms with Crippen LogP contribution in [-0.4, -0.2) is 31.1 Å². The fraction of sp³-hybridized carbons (Fsp3) is 0.421. The Labute approximate surface area is 150 Å². The number of hydrogen-bond donors (Lipinski definition) is 1. The zero-order valence-electron chi connectivity index (χ0n) is 14.7. The first-order valence-electron chi connectivity index (χ1n) is 8.63. The Morgan fingerprint density at radius 3 is 2.81 bits per heavy atom. The first-order valence-corrected chi connectivity index (χ1v) is 8.63. The highest BCUT2D eigenvalue weighted by molar-refractivity contribution is 5.96. The van der Waals surface area contributed by atoms with Crippen LogP contribution in [0.2, 0.25) is 0 Å². The van der Waals surface area contributed by atoms with Gasteiger partial charge in [-0.3, -0.25) is 9.59 Å². The molecule has 3 rings (SSSR count). The average molecular weight is 359 g/mol. The van der Waals surface area contributed by atoms with Crippen molar-refractivity contribution in [3.63, 3.8) is 0 Å².